The first-order chi connectivity index (χ1) is 7.72. The number of carbonyl (C=O) groups is 1. The molecule has 0 aliphatic rings. The number of hydrogen-bond donors (Lipinski definition) is 1. The average Bonchev–Trinajstić information content (AvgIpc) is 2.27. The third-order valence-corrected chi connectivity index (χ3v) is 2.93. The standard InChI is InChI=1S/C12H16O3S/c1-2-15-12(14)9-16-8-7-10-3-5-11(13)6-4-10/h3-6,13H,2,7-9H2,1H3. The highest BCUT2D eigenvalue weighted by Gasteiger charge is 2.01. The lowest BCUT2D eigenvalue weighted by atomic mass is 10.2. The molecule has 88 valence electrons. The van der Waals surface area contributed by atoms with Crippen molar-refractivity contribution in [2.45, 2.75) is 13.3 Å². The van der Waals surface area contributed by atoms with E-state index in [0.29, 0.717) is 12.4 Å². The van der Waals surface area contributed by atoms with Gasteiger partial charge in [-0.3, -0.25) is 4.79 Å². The topological polar surface area (TPSA) is 46.5 Å². The predicted octanol–water partition coefficient (Wildman–Crippen LogP) is 2.23. The van der Waals surface area contributed by atoms with Gasteiger partial charge in [0.15, 0.2) is 0 Å². The van der Waals surface area contributed by atoms with Crippen LogP contribution in [0.5, 0.6) is 5.75 Å². The van der Waals surface area contributed by atoms with Crippen LogP contribution in [0.25, 0.3) is 0 Å². The number of ether oxygens (including phenoxy) is 1. The number of esters is 1. The normalized spacial score (nSPS) is 10.1. The maximum absolute atomic E-state index is 11.0. The molecule has 0 bridgehead atoms. The molecule has 4 heteroatoms. The summed E-state index contributed by atoms with van der Waals surface area (Å²) in [7, 11) is 0. The molecule has 0 atom stereocenters. The molecule has 0 aromatic heterocycles. The molecule has 1 N–H and O–H groups in total. The Morgan fingerprint density at radius 2 is 2.06 bits per heavy atom. The van der Waals surface area contributed by atoms with Gasteiger partial charge in [0.05, 0.1) is 12.4 Å². The first kappa shape index (κ1) is 12.9. The monoisotopic (exact) mass is 240 g/mol. The fraction of sp³-hybridized carbons (Fsp3) is 0.417. The van der Waals surface area contributed by atoms with E-state index in [1.165, 1.54) is 0 Å². The summed E-state index contributed by atoms with van der Waals surface area (Å²) >= 11 is 1.56. The van der Waals surface area contributed by atoms with Crippen molar-refractivity contribution in [1.82, 2.24) is 0 Å². The molecule has 0 fully saturated rings. The minimum absolute atomic E-state index is 0.154. The lowest BCUT2D eigenvalue weighted by molar-refractivity contribution is -0.139. The SMILES string of the molecule is CCOC(=O)CSCCc1ccc(O)cc1. The summed E-state index contributed by atoms with van der Waals surface area (Å²) in [5, 5.41) is 9.09. The van der Waals surface area contributed by atoms with Crippen molar-refractivity contribution >= 4 is 17.7 Å². The summed E-state index contributed by atoms with van der Waals surface area (Å²) in [4.78, 5) is 11.0. The van der Waals surface area contributed by atoms with E-state index in [9.17, 15) is 4.79 Å². The quantitative estimate of drug-likeness (QED) is 0.612. The molecular formula is C12H16O3S. The molecule has 0 radical (unpaired) electrons. The molecule has 0 saturated carbocycles. The number of aromatic hydroxyl groups is 1. The first-order valence-corrected chi connectivity index (χ1v) is 6.39. The number of benzene rings is 1. The fourth-order valence-corrected chi connectivity index (χ4v) is 1.99. The summed E-state index contributed by atoms with van der Waals surface area (Å²) < 4.78 is 4.82. The minimum Gasteiger partial charge on any atom is -0.508 e. The number of phenolic OH excluding ortho intramolecular Hbond substituents is 1. The largest absolute Gasteiger partial charge is 0.508 e. The zero-order valence-electron chi connectivity index (χ0n) is 9.31. The Balaban J connectivity index is 2.16. The van der Waals surface area contributed by atoms with Gasteiger partial charge in [0, 0.05) is 0 Å². The van der Waals surface area contributed by atoms with Gasteiger partial charge in [-0.2, -0.15) is 0 Å². The van der Waals surface area contributed by atoms with Gasteiger partial charge in [-0.1, -0.05) is 12.1 Å². The molecule has 0 aliphatic carbocycles. The molecule has 1 aromatic rings. The highest BCUT2D eigenvalue weighted by atomic mass is 32.2. The van der Waals surface area contributed by atoms with Gasteiger partial charge in [0.25, 0.3) is 0 Å². The van der Waals surface area contributed by atoms with Crippen molar-refractivity contribution in [2.75, 3.05) is 18.1 Å². The van der Waals surface area contributed by atoms with Crippen LogP contribution >= 0.6 is 11.8 Å². The van der Waals surface area contributed by atoms with Crippen molar-refractivity contribution in [3.05, 3.63) is 29.8 Å². The highest BCUT2D eigenvalue weighted by molar-refractivity contribution is 7.99. The number of thioether (sulfide) groups is 1. The van der Waals surface area contributed by atoms with Gasteiger partial charge in [0.2, 0.25) is 0 Å². The van der Waals surface area contributed by atoms with Crippen molar-refractivity contribution in [2.24, 2.45) is 0 Å². The van der Waals surface area contributed by atoms with Crippen molar-refractivity contribution in [3.63, 3.8) is 0 Å². The van der Waals surface area contributed by atoms with E-state index >= 15 is 0 Å². The molecule has 0 saturated heterocycles. The van der Waals surface area contributed by atoms with E-state index in [0.717, 1.165) is 17.7 Å². The second-order valence-electron chi connectivity index (χ2n) is 3.27. The molecule has 16 heavy (non-hydrogen) atoms. The number of rotatable bonds is 6. The maximum Gasteiger partial charge on any atom is 0.315 e. The number of aryl methyl sites for hydroxylation is 1. The van der Waals surface area contributed by atoms with Gasteiger partial charge in [-0.05, 0) is 36.8 Å². The zero-order valence-corrected chi connectivity index (χ0v) is 10.1. The molecule has 3 nitrogen and oxygen atoms in total. The highest BCUT2D eigenvalue weighted by Crippen LogP contribution is 2.12. The van der Waals surface area contributed by atoms with Crippen LogP contribution < -0.4 is 0 Å². The molecule has 0 aliphatic heterocycles. The van der Waals surface area contributed by atoms with E-state index < -0.39 is 0 Å². The molecular weight excluding hydrogens is 224 g/mol. The zero-order chi connectivity index (χ0) is 11.8. The Hall–Kier alpha value is -1.16. The lowest BCUT2D eigenvalue weighted by Crippen LogP contribution is -2.07. The van der Waals surface area contributed by atoms with Crippen molar-refractivity contribution in [3.8, 4) is 5.75 Å². The van der Waals surface area contributed by atoms with Gasteiger partial charge >= 0.3 is 5.97 Å². The summed E-state index contributed by atoms with van der Waals surface area (Å²) in [6, 6.07) is 7.12. The second-order valence-corrected chi connectivity index (χ2v) is 4.38. The first-order valence-electron chi connectivity index (χ1n) is 5.23. The van der Waals surface area contributed by atoms with Gasteiger partial charge in [0.1, 0.15) is 5.75 Å². The summed E-state index contributed by atoms with van der Waals surface area (Å²) in [6.45, 7) is 2.25. The average molecular weight is 240 g/mol. The van der Waals surface area contributed by atoms with Gasteiger partial charge in [-0.15, -0.1) is 11.8 Å². The van der Waals surface area contributed by atoms with Crippen LogP contribution in [0.3, 0.4) is 0 Å². The molecule has 0 amide bonds. The van der Waals surface area contributed by atoms with Crippen molar-refractivity contribution in [1.29, 1.82) is 0 Å². The number of phenols is 1. The van der Waals surface area contributed by atoms with Crippen LogP contribution in [0.1, 0.15) is 12.5 Å². The van der Waals surface area contributed by atoms with Crippen LogP contribution in [-0.2, 0) is 16.0 Å². The Morgan fingerprint density at radius 1 is 1.38 bits per heavy atom. The van der Waals surface area contributed by atoms with Crippen LogP contribution in [0, 0.1) is 0 Å². The summed E-state index contributed by atoms with van der Waals surface area (Å²) in [6.07, 6.45) is 0.893. The van der Waals surface area contributed by atoms with E-state index in [4.69, 9.17) is 9.84 Å². The third-order valence-electron chi connectivity index (χ3n) is 2.00. The maximum atomic E-state index is 11.0. The molecule has 0 unspecified atom stereocenters. The molecule has 0 heterocycles. The van der Waals surface area contributed by atoms with Crippen molar-refractivity contribution < 1.29 is 14.6 Å². The Morgan fingerprint density at radius 3 is 2.69 bits per heavy atom. The smallest absolute Gasteiger partial charge is 0.315 e. The van der Waals surface area contributed by atoms with Crippen LogP contribution in [0.2, 0.25) is 0 Å². The lowest BCUT2D eigenvalue weighted by Gasteiger charge is -2.02. The fourth-order valence-electron chi connectivity index (χ4n) is 1.21. The van der Waals surface area contributed by atoms with E-state index in [-0.39, 0.29) is 11.7 Å². The Bertz CT molecular complexity index is 322. The Labute approximate surface area is 99.8 Å². The van der Waals surface area contributed by atoms with Crippen LogP contribution in [-0.4, -0.2) is 29.2 Å². The molecule has 0 spiro atoms. The second kappa shape index (κ2) is 7.17. The van der Waals surface area contributed by atoms with Crippen LogP contribution in [0.15, 0.2) is 24.3 Å². The van der Waals surface area contributed by atoms with Crippen LogP contribution in [0.4, 0.5) is 0 Å². The predicted molar refractivity (Wildman–Crippen MR) is 65.8 cm³/mol. The van der Waals surface area contributed by atoms with E-state index in [2.05, 4.69) is 0 Å². The van der Waals surface area contributed by atoms with Gasteiger partial charge < -0.3 is 9.84 Å². The summed E-state index contributed by atoms with van der Waals surface area (Å²) in [5.41, 5.74) is 1.16. The number of hydrogen-bond acceptors (Lipinski definition) is 4. The molecule has 1 aromatic carbocycles. The third kappa shape index (κ3) is 5.07. The Kier molecular flexibility index (Phi) is 5.78. The molecule has 1 rings (SSSR count). The van der Waals surface area contributed by atoms with Gasteiger partial charge in [-0.25, -0.2) is 0 Å². The summed E-state index contributed by atoms with van der Waals surface area (Å²) in [5.74, 6) is 1.41. The van der Waals surface area contributed by atoms with E-state index in [1.807, 2.05) is 12.1 Å². The minimum atomic E-state index is -0.154. The number of carbonyl (C=O) groups excluding carboxylic acids is 1. The van der Waals surface area contributed by atoms with E-state index in [1.54, 1.807) is 30.8 Å².